The van der Waals surface area contributed by atoms with Gasteiger partial charge in [0.1, 0.15) is 5.75 Å². The van der Waals surface area contributed by atoms with E-state index in [0.717, 1.165) is 22.6 Å². The highest BCUT2D eigenvalue weighted by Gasteiger charge is 2.43. The maximum atomic E-state index is 10.9. The van der Waals surface area contributed by atoms with E-state index in [2.05, 4.69) is 13.0 Å². The highest BCUT2D eigenvalue weighted by atomic mass is 16.6. The minimum Gasteiger partial charge on any atom is -0.464 e. The lowest BCUT2D eigenvalue weighted by molar-refractivity contribution is -0.384. The fourth-order valence-electron chi connectivity index (χ4n) is 3.39. The van der Waals surface area contributed by atoms with Crippen LogP contribution in [0.2, 0.25) is 0 Å². The van der Waals surface area contributed by atoms with Gasteiger partial charge in [0.05, 0.1) is 11.0 Å². The molecule has 0 fully saturated rings. The lowest BCUT2D eigenvalue weighted by Crippen LogP contribution is -2.35. The molecule has 0 spiro atoms. The number of rotatable bonds is 2. The van der Waals surface area contributed by atoms with Gasteiger partial charge in [0.25, 0.3) is 5.69 Å². The van der Waals surface area contributed by atoms with Crippen LogP contribution in [-0.4, -0.2) is 15.6 Å². The van der Waals surface area contributed by atoms with Crippen LogP contribution in [0.1, 0.15) is 37.2 Å². The first-order valence-corrected chi connectivity index (χ1v) is 7.89. The zero-order chi connectivity index (χ0) is 16.8. The fraction of sp³-hybridized carbons (Fsp3) is 0.278. The monoisotopic (exact) mass is 323 g/mol. The lowest BCUT2D eigenvalue weighted by Gasteiger charge is -2.39. The van der Waals surface area contributed by atoms with Crippen molar-refractivity contribution in [3.8, 4) is 5.75 Å². The third-order valence-electron chi connectivity index (χ3n) is 4.80. The van der Waals surface area contributed by atoms with Crippen molar-refractivity contribution < 1.29 is 9.66 Å². The number of benzene rings is 2. The molecule has 6 nitrogen and oxygen atoms in total. The molecule has 0 aromatic heterocycles. The minimum absolute atomic E-state index is 0.0704. The van der Waals surface area contributed by atoms with E-state index in [1.807, 2.05) is 30.1 Å². The van der Waals surface area contributed by atoms with Crippen LogP contribution in [0.4, 0.5) is 5.69 Å². The molecule has 6 heteroatoms. The molecule has 0 N–H and O–H groups in total. The largest absolute Gasteiger partial charge is 0.464 e. The summed E-state index contributed by atoms with van der Waals surface area (Å²) >= 11 is 0. The summed E-state index contributed by atoms with van der Waals surface area (Å²) in [5, 5.41) is 17.5. The number of nitro groups is 1. The summed E-state index contributed by atoms with van der Waals surface area (Å²) in [4.78, 5) is 10.5. The number of hydrogen-bond acceptors (Lipinski definition) is 5. The summed E-state index contributed by atoms with van der Waals surface area (Å²) in [6, 6.07) is 14.6. The summed E-state index contributed by atoms with van der Waals surface area (Å²) < 4.78 is 6.18. The average molecular weight is 323 g/mol. The molecule has 24 heavy (non-hydrogen) atoms. The minimum atomic E-state index is -0.399. The Kier molecular flexibility index (Phi) is 3.26. The Morgan fingerprint density at radius 2 is 1.88 bits per heavy atom. The Morgan fingerprint density at radius 3 is 2.58 bits per heavy atom. The highest BCUT2D eigenvalue weighted by Crippen LogP contribution is 2.48. The van der Waals surface area contributed by atoms with Crippen LogP contribution in [0.3, 0.4) is 0 Å². The van der Waals surface area contributed by atoms with Gasteiger partial charge < -0.3 is 4.74 Å². The highest BCUT2D eigenvalue weighted by molar-refractivity contribution is 5.86. The van der Waals surface area contributed by atoms with E-state index in [4.69, 9.17) is 9.84 Å². The van der Waals surface area contributed by atoms with Crippen LogP contribution in [0.5, 0.6) is 5.75 Å². The molecule has 2 aliphatic rings. The molecule has 0 saturated carbocycles. The first-order valence-electron chi connectivity index (χ1n) is 7.89. The second-order valence-corrected chi connectivity index (χ2v) is 6.21. The van der Waals surface area contributed by atoms with E-state index < -0.39 is 4.92 Å². The van der Waals surface area contributed by atoms with Gasteiger partial charge in [-0.2, -0.15) is 5.10 Å². The Balaban J connectivity index is 1.77. The third-order valence-corrected chi connectivity index (χ3v) is 4.80. The molecule has 0 amide bonds. The predicted molar refractivity (Wildman–Crippen MR) is 89.8 cm³/mol. The van der Waals surface area contributed by atoms with Crippen molar-refractivity contribution in [2.45, 2.75) is 26.1 Å². The molecule has 2 aliphatic heterocycles. The smallest absolute Gasteiger partial charge is 0.269 e. The van der Waals surface area contributed by atoms with Gasteiger partial charge in [-0.1, -0.05) is 25.1 Å². The topological polar surface area (TPSA) is 68.0 Å². The second kappa shape index (κ2) is 5.33. The molecule has 2 aromatic carbocycles. The molecular formula is C18H17N3O3. The summed E-state index contributed by atoms with van der Waals surface area (Å²) in [5.74, 6) is 1.13. The number of nitro benzene ring substituents is 1. The molecule has 122 valence electrons. The van der Waals surface area contributed by atoms with Crippen molar-refractivity contribution in [3.05, 3.63) is 69.8 Å². The van der Waals surface area contributed by atoms with Crippen molar-refractivity contribution in [1.82, 2.24) is 5.01 Å². The van der Waals surface area contributed by atoms with Crippen molar-refractivity contribution in [3.63, 3.8) is 0 Å². The molecule has 0 bridgehead atoms. The van der Waals surface area contributed by atoms with Gasteiger partial charge >= 0.3 is 0 Å². The van der Waals surface area contributed by atoms with Gasteiger partial charge in [-0.15, -0.1) is 0 Å². The number of hydrogen-bond donors (Lipinski definition) is 0. The first-order chi connectivity index (χ1) is 11.6. The summed E-state index contributed by atoms with van der Waals surface area (Å²) in [7, 11) is 0. The van der Waals surface area contributed by atoms with E-state index in [0.29, 0.717) is 0 Å². The van der Waals surface area contributed by atoms with Crippen LogP contribution in [0.15, 0.2) is 53.6 Å². The SMILES string of the molecule is CC1=NN2C(c3ccc([N+](=O)[O-])cc3)Oc3ccccc3C2C1C. The summed E-state index contributed by atoms with van der Waals surface area (Å²) in [5.41, 5.74) is 3.11. The van der Waals surface area contributed by atoms with E-state index in [9.17, 15) is 10.1 Å². The number of ether oxygens (including phenoxy) is 1. The summed E-state index contributed by atoms with van der Waals surface area (Å²) in [6.45, 7) is 4.19. The van der Waals surface area contributed by atoms with Crippen molar-refractivity contribution >= 4 is 11.4 Å². The third kappa shape index (κ3) is 2.14. The average Bonchev–Trinajstić information content (AvgIpc) is 2.90. The number of non-ortho nitro benzene ring substituents is 1. The first kappa shape index (κ1) is 14.7. The molecule has 2 aromatic rings. The Morgan fingerprint density at radius 1 is 1.17 bits per heavy atom. The molecule has 4 rings (SSSR count). The maximum Gasteiger partial charge on any atom is 0.269 e. The molecule has 2 heterocycles. The van der Waals surface area contributed by atoms with Crippen LogP contribution in [0, 0.1) is 16.0 Å². The summed E-state index contributed by atoms with van der Waals surface area (Å²) in [6.07, 6.45) is -0.384. The lowest BCUT2D eigenvalue weighted by atomic mass is 9.90. The predicted octanol–water partition coefficient (Wildman–Crippen LogP) is 4.05. The van der Waals surface area contributed by atoms with E-state index in [1.165, 1.54) is 12.1 Å². The van der Waals surface area contributed by atoms with E-state index in [1.54, 1.807) is 12.1 Å². The zero-order valence-corrected chi connectivity index (χ0v) is 13.4. The zero-order valence-electron chi connectivity index (χ0n) is 13.4. The maximum absolute atomic E-state index is 10.9. The van der Waals surface area contributed by atoms with Crippen molar-refractivity contribution in [2.24, 2.45) is 11.0 Å². The quantitative estimate of drug-likeness (QED) is 0.617. The van der Waals surface area contributed by atoms with Crippen LogP contribution < -0.4 is 4.74 Å². The number of para-hydroxylation sites is 1. The molecule has 3 unspecified atom stereocenters. The molecule has 0 saturated heterocycles. The van der Waals surface area contributed by atoms with Gasteiger partial charge in [-0.3, -0.25) is 10.1 Å². The van der Waals surface area contributed by atoms with E-state index >= 15 is 0 Å². The van der Waals surface area contributed by atoms with Crippen molar-refractivity contribution in [1.29, 1.82) is 0 Å². The standard InChI is InChI=1S/C18H17N3O3/c1-11-12(2)19-20-17(11)15-5-3-4-6-16(15)24-18(20)13-7-9-14(10-8-13)21(22)23/h3-11,17-18H,1-2H3. The number of fused-ring (bicyclic) bond motifs is 3. The second-order valence-electron chi connectivity index (χ2n) is 6.21. The Labute approximate surface area is 139 Å². The number of nitrogens with zero attached hydrogens (tertiary/aromatic N) is 3. The number of hydrazone groups is 1. The van der Waals surface area contributed by atoms with Gasteiger partial charge in [-0.05, 0) is 25.1 Å². The normalized spacial score (nSPS) is 24.7. The molecule has 0 radical (unpaired) electrons. The van der Waals surface area contributed by atoms with Gasteiger partial charge in [0, 0.05) is 34.9 Å². The van der Waals surface area contributed by atoms with Crippen LogP contribution >= 0.6 is 0 Å². The molecule has 0 aliphatic carbocycles. The Bertz CT molecular complexity index is 832. The van der Waals surface area contributed by atoms with Gasteiger partial charge in [0.15, 0.2) is 0 Å². The fourth-order valence-corrected chi connectivity index (χ4v) is 3.39. The van der Waals surface area contributed by atoms with Crippen LogP contribution in [0.25, 0.3) is 0 Å². The van der Waals surface area contributed by atoms with Crippen LogP contribution in [-0.2, 0) is 0 Å². The van der Waals surface area contributed by atoms with Crippen molar-refractivity contribution in [2.75, 3.05) is 0 Å². The van der Waals surface area contributed by atoms with Gasteiger partial charge in [0.2, 0.25) is 6.23 Å². The van der Waals surface area contributed by atoms with E-state index in [-0.39, 0.29) is 23.9 Å². The Hall–Kier alpha value is -2.89. The molecule has 3 atom stereocenters. The molecular weight excluding hydrogens is 306 g/mol. The van der Waals surface area contributed by atoms with Gasteiger partial charge in [-0.25, -0.2) is 5.01 Å².